The number of fused-ring (bicyclic) bond motifs is 1. The molecule has 50 heavy (non-hydrogen) atoms. The molecule has 0 radical (unpaired) electrons. The third-order valence-electron chi connectivity index (χ3n) is 9.62. The second-order valence-corrected chi connectivity index (χ2v) is 22.9. The van der Waals surface area contributed by atoms with Gasteiger partial charge in [-0.2, -0.15) is 0 Å². The highest BCUT2D eigenvalue weighted by atomic mass is 28.3. The van der Waals surface area contributed by atoms with Gasteiger partial charge in [0.1, 0.15) is 11.3 Å². The predicted octanol–water partition coefficient (Wildman–Crippen LogP) is 11.0. The Labute approximate surface area is 299 Å². The molecular formula is C44H52N4OSi. The Morgan fingerprint density at radius 2 is 1.28 bits per heavy atom. The van der Waals surface area contributed by atoms with Gasteiger partial charge < -0.3 is 5.11 Å². The molecule has 6 aromatic rings. The maximum atomic E-state index is 12.0. The van der Waals surface area contributed by atoms with Crippen LogP contribution in [0.5, 0.6) is 5.75 Å². The van der Waals surface area contributed by atoms with Crippen LogP contribution in [0.1, 0.15) is 79.0 Å². The van der Waals surface area contributed by atoms with E-state index in [4.69, 9.17) is 15.0 Å². The third kappa shape index (κ3) is 6.78. The largest absolute Gasteiger partial charge is 0.507 e. The van der Waals surface area contributed by atoms with E-state index in [1.54, 1.807) is 0 Å². The number of para-hydroxylation sites is 1. The van der Waals surface area contributed by atoms with Gasteiger partial charge >= 0.3 is 0 Å². The van der Waals surface area contributed by atoms with Crippen molar-refractivity contribution in [3.05, 3.63) is 108 Å². The lowest BCUT2D eigenvalue weighted by Gasteiger charge is -2.27. The van der Waals surface area contributed by atoms with Crippen molar-refractivity contribution in [2.75, 3.05) is 0 Å². The van der Waals surface area contributed by atoms with Crippen LogP contribution in [-0.2, 0) is 16.2 Å². The number of hydrogen-bond donors (Lipinski definition) is 1. The van der Waals surface area contributed by atoms with E-state index >= 15 is 0 Å². The van der Waals surface area contributed by atoms with Gasteiger partial charge in [0.05, 0.1) is 19.3 Å². The fourth-order valence-corrected chi connectivity index (χ4v) is 7.43. The van der Waals surface area contributed by atoms with Gasteiger partial charge in [-0.3, -0.25) is 9.55 Å². The molecule has 1 N–H and O–H groups in total. The molecule has 0 bridgehead atoms. The second-order valence-electron chi connectivity index (χ2n) is 17.8. The van der Waals surface area contributed by atoms with Crippen LogP contribution in [0.25, 0.3) is 50.6 Å². The fraction of sp³-hybridized carbons (Fsp3) is 0.341. The number of benzene rings is 3. The molecule has 0 saturated heterocycles. The summed E-state index contributed by atoms with van der Waals surface area (Å²) in [6.45, 7) is 26.9. The van der Waals surface area contributed by atoms with Gasteiger partial charge in [0.15, 0.2) is 11.5 Å². The van der Waals surface area contributed by atoms with E-state index in [0.717, 1.165) is 50.4 Å². The van der Waals surface area contributed by atoms with Crippen LogP contribution < -0.4 is 5.19 Å². The Morgan fingerprint density at radius 1 is 0.640 bits per heavy atom. The fourth-order valence-electron chi connectivity index (χ4n) is 6.39. The van der Waals surface area contributed by atoms with Gasteiger partial charge in [0, 0.05) is 34.8 Å². The molecule has 0 aliphatic carbocycles. The van der Waals surface area contributed by atoms with E-state index in [0.29, 0.717) is 11.4 Å². The van der Waals surface area contributed by atoms with Crippen LogP contribution in [0.4, 0.5) is 0 Å². The number of phenolic OH excluding ortho intramolecular Hbond substituents is 1. The van der Waals surface area contributed by atoms with Crippen LogP contribution in [0.15, 0.2) is 91.3 Å². The first-order valence-electron chi connectivity index (χ1n) is 17.7. The molecule has 0 saturated carbocycles. The number of rotatable bonds is 5. The molecule has 0 spiro atoms. The standard InChI is InChI=1S/C44H52N4OSi/c1-42(2,3)30-23-28(22-29(24-30)37-19-18-33(27-46-37)50(10,11)12)34-20-21-45-41-38(34)47-40(48(41)32-16-14-13-15-17-32)35-25-31(43(4,5)6)26-36(39(35)49)44(7,8)9/h13-27,49H,1-12H3. The van der Waals surface area contributed by atoms with Crippen molar-refractivity contribution in [3.63, 3.8) is 0 Å². The molecule has 0 fully saturated rings. The van der Waals surface area contributed by atoms with Gasteiger partial charge in [0.2, 0.25) is 0 Å². The van der Waals surface area contributed by atoms with E-state index < -0.39 is 8.07 Å². The predicted molar refractivity (Wildman–Crippen MR) is 214 cm³/mol. The highest BCUT2D eigenvalue weighted by Gasteiger charge is 2.29. The van der Waals surface area contributed by atoms with Gasteiger partial charge in [-0.25, -0.2) is 9.97 Å². The summed E-state index contributed by atoms with van der Waals surface area (Å²) in [4.78, 5) is 15.3. The van der Waals surface area contributed by atoms with E-state index in [2.05, 4.69) is 153 Å². The number of aromatic nitrogens is 4. The number of hydrogen-bond acceptors (Lipinski definition) is 4. The quantitative estimate of drug-likeness (QED) is 0.184. The average molecular weight is 681 g/mol. The lowest BCUT2D eigenvalue weighted by Crippen LogP contribution is -2.37. The second kappa shape index (κ2) is 12.3. The Bertz CT molecular complexity index is 2190. The average Bonchev–Trinajstić information content (AvgIpc) is 3.43. The smallest absolute Gasteiger partial charge is 0.165 e. The minimum Gasteiger partial charge on any atom is -0.507 e. The summed E-state index contributed by atoms with van der Waals surface area (Å²) >= 11 is 0. The SMILES string of the molecule is CC(C)(C)c1cc(-c2ccc([Si](C)(C)C)cn2)cc(-c2ccnc3c2nc(-c2cc(C(C)(C)C)cc(C(C)(C)C)c2O)n3-c2ccccc2)c1. The summed E-state index contributed by atoms with van der Waals surface area (Å²) in [6.07, 6.45) is 3.94. The van der Waals surface area contributed by atoms with Crippen molar-refractivity contribution in [1.82, 2.24) is 19.5 Å². The van der Waals surface area contributed by atoms with Gasteiger partial charge in [0.25, 0.3) is 0 Å². The molecule has 258 valence electrons. The van der Waals surface area contributed by atoms with Crippen molar-refractivity contribution in [2.45, 2.75) is 98.2 Å². The molecule has 0 amide bonds. The topological polar surface area (TPSA) is 63.8 Å². The summed E-state index contributed by atoms with van der Waals surface area (Å²) in [5.74, 6) is 0.917. The molecule has 3 aromatic heterocycles. The van der Waals surface area contributed by atoms with Gasteiger partial charge in [-0.05, 0) is 80.6 Å². The number of nitrogens with zero attached hydrogens (tertiary/aromatic N) is 4. The van der Waals surface area contributed by atoms with Crippen LogP contribution >= 0.6 is 0 Å². The van der Waals surface area contributed by atoms with Crippen molar-refractivity contribution in [2.24, 2.45) is 0 Å². The summed E-state index contributed by atoms with van der Waals surface area (Å²) in [6, 6.07) is 27.8. The molecular weight excluding hydrogens is 629 g/mol. The van der Waals surface area contributed by atoms with E-state index in [9.17, 15) is 5.11 Å². The first kappa shape index (κ1) is 35.3. The number of phenols is 1. The number of aromatic hydroxyl groups is 1. The maximum Gasteiger partial charge on any atom is 0.165 e. The lowest BCUT2D eigenvalue weighted by atomic mass is 9.79. The summed E-state index contributed by atoms with van der Waals surface area (Å²) < 4.78 is 2.10. The van der Waals surface area contributed by atoms with E-state index in [1.807, 2.05) is 24.4 Å². The van der Waals surface area contributed by atoms with Gasteiger partial charge in [-0.1, -0.05) is 118 Å². The van der Waals surface area contributed by atoms with E-state index in [-0.39, 0.29) is 22.0 Å². The lowest BCUT2D eigenvalue weighted by molar-refractivity contribution is 0.446. The van der Waals surface area contributed by atoms with Crippen LogP contribution in [0.3, 0.4) is 0 Å². The number of pyridine rings is 2. The molecule has 0 atom stereocenters. The summed E-state index contributed by atoms with van der Waals surface area (Å²) in [7, 11) is -1.48. The normalized spacial score (nSPS) is 12.9. The minimum atomic E-state index is -1.48. The zero-order chi connectivity index (χ0) is 36.4. The first-order valence-corrected chi connectivity index (χ1v) is 21.2. The third-order valence-corrected chi connectivity index (χ3v) is 11.6. The zero-order valence-corrected chi connectivity index (χ0v) is 32.9. The van der Waals surface area contributed by atoms with Crippen LogP contribution in [0.2, 0.25) is 19.6 Å². The molecule has 3 heterocycles. The van der Waals surface area contributed by atoms with Crippen molar-refractivity contribution < 1.29 is 5.11 Å². The monoisotopic (exact) mass is 680 g/mol. The Kier molecular flexibility index (Phi) is 8.71. The maximum absolute atomic E-state index is 12.0. The molecule has 0 aliphatic heterocycles. The Balaban J connectivity index is 1.66. The van der Waals surface area contributed by atoms with Crippen molar-refractivity contribution in [3.8, 4) is 45.2 Å². The van der Waals surface area contributed by atoms with Crippen molar-refractivity contribution in [1.29, 1.82) is 0 Å². The molecule has 6 heteroatoms. The molecule has 0 unspecified atom stereocenters. The molecule has 5 nitrogen and oxygen atoms in total. The zero-order valence-electron chi connectivity index (χ0n) is 31.9. The Morgan fingerprint density at radius 3 is 1.86 bits per heavy atom. The summed E-state index contributed by atoms with van der Waals surface area (Å²) in [5.41, 5.74) is 9.98. The highest BCUT2D eigenvalue weighted by Crippen LogP contribution is 2.44. The van der Waals surface area contributed by atoms with Crippen LogP contribution in [0, 0.1) is 0 Å². The number of imidazole rings is 1. The van der Waals surface area contributed by atoms with Crippen LogP contribution in [-0.4, -0.2) is 32.7 Å². The first-order chi connectivity index (χ1) is 23.2. The molecule has 3 aromatic carbocycles. The highest BCUT2D eigenvalue weighted by molar-refractivity contribution is 6.88. The molecule has 6 rings (SSSR count). The Hall–Kier alpha value is -4.55. The minimum absolute atomic E-state index is 0.0910. The van der Waals surface area contributed by atoms with E-state index in [1.165, 1.54) is 10.8 Å². The summed E-state index contributed by atoms with van der Waals surface area (Å²) in [5, 5.41) is 13.4. The van der Waals surface area contributed by atoms with Crippen molar-refractivity contribution >= 4 is 24.4 Å². The van der Waals surface area contributed by atoms with Gasteiger partial charge in [-0.15, -0.1) is 0 Å². The molecule has 0 aliphatic rings.